The zero-order valence-electron chi connectivity index (χ0n) is 27.4. The highest BCUT2D eigenvalue weighted by Gasteiger charge is 2.18. The molecular weight excluding hydrogens is 592 g/mol. The maximum Gasteiger partial charge on any atom is 0.344 e. The van der Waals surface area contributed by atoms with Crippen LogP contribution in [0, 0.1) is 0 Å². The third-order valence-electron chi connectivity index (χ3n) is 7.50. The highest BCUT2D eigenvalue weighted by molar-refractivity contribution is 7.91. The Bertz CT molecular complexity index is 1090. The lowest BCUT2D eigenvalue weighted by molar-refractivity contribution is -0.147. The Morgan fingerprint density at radius 2 is 0.800 bits per heavy atom. The third-order valence-corrected chi connectivity index (χ3v) is 9.29. The highest BCUT2D eigenvalue weighted by Crippen LogP contribution is 2.25. The lowest BCUT2D eigenvalue weighted by atomic mass is 10.1. The SMILES string of the molecule is CCCCCCCCCCOC(=O)COc1ccc(S(=O)(=O)c2ccc(OCC(=O)OCCCCCCCCCC)cc2)cc1. The van der Waals surface area contributed by atoms with E-state index in [1.165, 1.54) is 113 Å². The van der Waals surface area contributed by atoms with E-state index >= 15 is 0 Å². The minimum Gasteiger partial charge on any atom is -0.482 e. The molecule has 0 aliphatic carbocycles. The van der Waals surface area contributed by atoms with Crippen molar-refractivity contribution in [3.63, 3.8) is 0 Å². The lowest BCUT2D eigenvalue weighted by Crippen LogP contribution is -2.15. The quantitative estimate of drug-likeness (QED) is 0.0739. The molecular formula is C36H54O8S. The number of hydrogen-bond donors (Lipinski definition) is 0. The molecule has 0 saturated heterocycles. The standard InChI is InChI=1S/C36H54O8S/c1-3-5-7-9-11-13-15-17-27-41-35(37)29-43-31-19-23-33(24-20-31)45(39,40)34-25-21-32(22-26-34)44-30-36(38)42-28-18-16-14-12-10-8-6-4-2/h19-26H,3-18,27-30H2,1-2H3. The zero-order chi connectivity index (χ0) is 32.6. The molecule has 0 aromatic heterocycles. The molecule has 0 atom stereocenters. The van der Waals surface area contributed by atoms with Gasteiger partial charge in [-0.05, 0) is 61.4 Å². The number of ether oxygens (including phenoxy) is 4. The van der Waals surface area contributed by atoms with Gasteiger partial charge in [0.25, 0.3) is 0 Å². The molecule has 0 saturated carbocycles. The topological polar surface area (TPSA) is 105 Å². The molecule has 0 heterocycles. The number of carbonyl (C=O) groups is 2. The van der Waals surface area contributed by atoms with Gasteiger partial charge < -0.3 is 18.9 Å². The van der Waals surface area contributed by atoms with E-state index in [0.29, 0.717) is 24.7 Å². The molecule has 0 N–H and O–H groups in total. The van der Waals surface area contributed by atoms with Gasteiger partial charge in [-0.2, -0.15) is 0 Å². The summed E-state index contributed by atoms with van der Waals surface area (Å²) >= 11 is 0. The van der Waals surface area contributed by atoms with Crippen LogP contribution < -0.4 is 9.47 Å². The molecule has 0 fully saturated rings. The molecule has 0 unspecified atom stereocenters. The second-order valence-corrected chi connectivity index (χ2v) is 13.4. The van der Waals surface area contributed by atoms with Crippen molar-refractivity contribution in [1.82, 2.24) is 0 Å². The van der Waals surface area contributed by atoms with E-state index in [-0.39, 0.29) is 23.0 Å². The summed E-state index contributed by atoms with van der Waals surface area (Å²) < 4.78 is 47.6. The summed E-state index contributed by atoms with van der Waals surface area (Å²) in [5.41, 5.74) is 0. The number of benzene rings is 2. The maximum absolute atomic E-state index is 13.1. The summed E-state index contributed by atoms with van der Waals surface area (Å²) in [6.07, 6.45) is 18.7. The van der Waals surface area contributed by atoms with Crippen molar-refractivity contribution in [2.45, 2.75) is 126 Å². The van der Waals surface area contributed by atoms with Crippen LogP contribution in [0.2, 0.25) is 0 Å². The minimum absolute atomic E-state index is 0.0883. The number of unbranched alkanes of at least 4 members (excludes halogenated alkanes) is 14. The van der Waals surface area contributed by atoms with Gasteiger partial charge in [0.15, 0.2) is 13.2 Å². The van der Waals surface area contributed by atoms with E-state index in [1.54, 1.807) is 0 Å². The van der Waals surface area contributed by atoms with Crippen molar-refractivity contribution >= 4 is 21.8 Å². The number of hydrogen-bond acceptors (Lipinski definition) is 8. The van der Waals surface area contributed by atoms with Crippen molar-refractivity contribution in [2.24, 2.45) is 0 Å². The molecule has 0 aliphatic heterocycles. The van der Waals surface area contributed by atoms with Crippen LogP contribution in [0.5, 0.6) is 11.5 Å². The first kappa shape index (κ1) is 38.1. The van der Waals surface area contributed by atoms with Crippen LogP contribution in [0.3, 0.4) is 0 Å². The number of esters is 2. The predicted molar refractivity (Wildman–Crippen MR) is 176 cm³/mol. The Balaban J connectivity index is 1.65. The van der Waals surface area contributed by atoms with Crippen LogP contribution in [0.4, 0.5) is 0 Å². The van der Waals surface area contributed by atoms with Crippen molar-refractivity contribution in [3.05, 3.63) is 48.5 Å². The van der Waals surface area contributed by atoms with Gasteiger partial charge in [-0.1, -0.05) is 104 Å². The van der Waals surface area contributed by atoms with Gasteiger partial charge in [-0.25, -0.2) is 18.0 Å². The monoisotopic (exact) mass is 646 g/mol. The Morgan fingerprint density at radius 1 is 0.489 bits per heavy atom. The maximum atomic E-state index is 13.1. The molecule has 0 amide bonds. The molecule has 2 rings (SSSR count). The van der Waals surface area contributed by atoms with Crippen LogP contribution in [0.15, 0.2) is 58.3 Å². The summed E-state index contributed by atoms with van der Waals surface area (Å²) in [6, 6.07) is 11.8. The molecule has 0 spiro atoms. The van der Waals surface area contributed by atoms with Crippen molar-refractivity contribution in [3.8, 4) is 11.5 Å². The van der Waals surface area contributed by atoms with E-state index in [9.17, 15) is 18.0 Å². The average molecular weight is 647 g/mol. The average Bonchev–Trinajstić information content (AvgIpc) is 3.05. The molecule has 9 heteroatoms. The number of carbonyl (C=O) groups excluding carboxylic acids is 2. The first-order chi connectivity index (χ1) is 21.9. The first-order valence-corrected chi connectivity index (χ1v) is 18.4. The Morgan fingerprint density at radius 3 is 1.13 bits per heavy atom. The van der Waals surface area contributed by atoms with Crippen LogP contribution in [0.25, 0.3) is 0 Å². The summed E-state index contributed by atoms with van der Waals surface area (Å²) in [4.78, 5) is 24.1. The van der Waals surface area contributed by atoms with Crippen LogP contribution in [-0.2, 0) is 28.9 Å². The predicted octanol–water partition coefficient (Wildman–Crippen LogP) is 8.64. The molecule has 2 aromatic rings. The second kappa shape index (κ2) is 23.3. The van der Waals surface area contributed by atoms with Gasteiger partial charge in [-0.3, -0.25) is 0 Å². The molecule has 2 aromatic carbocycles. The van der Waals surface area contributed by atoms with Crippen molar-refractivity contribution < 1.29 is 37.0 Å². The second-order valence-electron chi connectivity index (χ2n) is 11.4. The molecule has 0 aliphatic rings. The number of sulfone groups is 1. The van der Waals surface area contributed by atoms with Gasteiger partial charge >= 0.3 is 11.9 Å². The largest absolute Gasteiger partial charge is 0.482 e. The van der Waals surface area contributed by atoms with Gasteiger partial charge in [-0.15, -0.1) is 0 Å². The van der Waals surface area contributed by atoms with Gasteiger partial charge in [0.05, 0.1) is 23.0 Å². The normalized spacial score (nSPS) is 11.2. The highest BCUT2D eigenvalue weighted by atomic mass is 32.2. The van der Waals surface area contributed by atoms with E-state index in [2.05, 4.69) is 13.8 Å². The van der Waals surface area contributed by atoms with E-state index in [0.717, 1.165) is 38.5 Å². The lowest BCUT2D eigenvalue weighted by Gasteiger charge is -2.10. The van der Waals surface area contributed by atoms with Crippen molar-refractivity contribution in [1.29, 1.82) is 0 Å². The smallest absolute Gasteiger partial charge is 0.344 e. The molecule has 0 bridgehead atoms. The Labute approximate surface area is 271 Å². The first-order valence-electron chi connectivity index (χ1n) is 16.9. The Kier molecular flexibility index (Phi) is 19.7. The summed E-state index contributed by atoms with van der Waals surface area (Å²) in [5, 5.41) is 0. The summed E-state index contributed by atoms with van der Waals surface area (Å²) in [5.74, 6) is -0.158. The molecule has 252 valence electrons. The Hall–Kier alpha value is -3.07. The molecule has 8 nitrogen and oxygen atoms in total. The third kappa shape index (κ3) is 16.7. The van der Waals surface area contributed by atoms with Crippen LogP contribution >= 0.6 is 0 Å². The minimum atomic E-state index is -3.78. The van der Waals surface area contributed by atoms with Crippen molar-refractivity contribution in [2.75, 3.05) is 26.4 Å². The van der Waals surface area contributed by atoms with Gasteiger partial charge in [0, 0.05) is 0 Å². The fraction of sp³-hybridized carbons (Fsp3) is 0.611. The van der Waals surface area contributed by atoms with Crippen LogP contribution in [-0.4, -0.2) is 46.8 Å². The van der Waals surface area contributed by atoms with Crippen LogP contribution in [0.1, 0.15) is 117 Å². The van der Waals surface area contributed by atoms with Gasteiger partial charge in [0.2, 0.25) is 9.84 Å². The fourth-order valence-electron chi connectivity index (χ4n) is 4.78. The summed E-state index contributed by atoms with van der Waals surface area (Å²) in [7, 11) is -3.78. The summed E-state index contributed by atoms with van der Waals surface area (Å²) in [6.45, 7) is 4.69. The number of rotatable bonds is 26. The molecule has 45 heavy (non-hydrogen) atoms. The zero-order valence-corrected chi connectivity index (χ0v) is 28.3. The fourth-order valence-corrected chi connectivity index (χ4v) is 6.04. The van der Waals surface area contributed by atoms with E-state index in [1.807, 2.05) is 0 Å². The van der Waals surface area contributed by atoms with E-state index in [4.69, 9.17) is 18.9 Å². The molecule has 0 radical (unpaired) electrons. The van der Waals surface area contributed by atoms with Gasteiger partial charge in [0.1, 0.15) is 11.5 Å². The van der Waals surface area contributed by atoms with E-state index < -0.39 is 21.8 Å².